The molecule has 0 aliphatic heterocycles. The predicted octanol–water partition coefficient (Wildman–Crippen LogP) is 7.23. The van der Waals surface area contributed by atoms with Crippen LogP contribution >= 0.6 is 0 Å². The zero-order chi connectivity index (χ0) is 27.4. The van der Waals surface area contributed by atoms with E-state index in [0.29, 0.717) is 32.8 Å². The van der Waals surface area contributed by atoms with Gasteiger partial charge in [-0.2, -0.15) is 0 Å². The summed E-state index contributed by atoms with van der Waals surface area (Å²) in [6.45, 7) is 10.4. The lowest BCUT2D eigenvalue weighted by molar-refractivity contribution is 0.110. The number of benzene rings is 4. The van der Waals surface area contributed by atoms with Gasteiger partial charge in [-0.25, -0.2) is 0 Å². The van der Waals surface area contributed by atoms with Gasteiger partial charge in [-0.15, -0.1) is 0 Å². The summed E-state index contributed by atoms with van der Waals surface area (Å²) < 4.78 is 17.3. The van der Waals surface area contributed by atoms with Crippen LogP contribution in [0.1, 0.15) is 53.6 Å². The lowest BCUT2D eigenvalue weighted by Gasteiger charge is -2.34. The third-order valence-electron chi connectivity index (χ3n) is 7.53. The van der Waals surface area contributed by atoms with Gasteiger partial charge in [-0.3, -0.25) is 0 Å². The van der Waals surface area contributed by atoms with Crippen LogP contribution in [0.5, 0.6) is 11.5 Å². The van der Waals surface area contributed by atoms with E-state index in [1.54, 1.807) is 6.92 Å². The van der Waals surface area contributed by atoms with Crippen LogP contribution in [-0.2, 0) is 10.2 Å². The zero-order valence-corrected chi connectivity index (χ0v) is 23.4. The number of ether oxygens (including phenoxy) is 3. The van der Waals surface area contributed by atoms with Crippen molar-refractivity contribution >= 4 is 0 Å². The summed E-state index contributed by atoms with van der Waals surface area (Å²) in [7, 11) is 0. The zero-order valence-electron chi connectivity index (χ0n) is 23.4. The molecule has 0 spiro atoms. The van der Waals surface area contributed by atoms with Gasteiger partial charge in [0.25, 0.3) is 0 Å². The quantitative estimate of drug-likeness (QED) is 0.186. The molecule has 39 heavy (non-hydrogen) atoms. The molecule has 0 saturated heterocycles. The minimum absolute atomic E-state index is 0.378. The monoisotopic (exact) mass is 522 g/mol. The van der Waals surface area contributed by atoms with Crippen molar-refractivity contribution in [3.05, 3.63) is 118 Å². The van der Waals surface area contributed by atoms with Crippen molar-refractivity contribution in [3.63, 3.8) is 0 Å². The number of aryl methyl sites for hydroxylation is 2. The Labute approximate surface area is 232 Å². The average molecular weight is 523 g/mol. The first-order chi connectivity index (χ1) is 18.9. The van der Waals surface area contributed by atoms with E-state index in [0.717, 1.165) is 11.5 Å². The fourth-order valence-corrected chi connectivity index (χ4v) is 5.65. The van der Waals surface area contributed by atoms with Crippen LogP contribution in [0.4, 0.5) is 0 Å². The van der Waals surface area contributed by atoms with Crippen LogP contribution in [0.15, 0.2) is 84.9 Å². The third kappa shape index (κ3) is 5.32. The molecule has 0 fully saturated rings. The summed E-state index contributed by atoms with van der Waals surface area (Å²) in [5.41, 5.74) is 9.48. The molecule has 4 aromatic carbocycles. The first-order valence-corrected chi connectivity index (χ1v) is 13.9. The SMILES string of the molecule is CCOCCOc1ccc(C2(c3ccc(OCCC(C)O)cc3)c3cc(C)ccc3-c3ccc(C)cc32)cc1. The Morgan fingerprint density at radius 1 is 0.667 bits per heavy atom. The molecule has 0 amide bonds. The van der Waals surface area contributed by atoms with Crippen LogP contribution < -0.4 is 9.47 Å². The molecule has 4 nitrogen and oxygen atoms in total. The largest absolute Gasteiger partial charge is 0.493 e. The Kier molecular flexibility index (Phi) is 8.06. The van der Waals surface area contributed by atoms with E-state index in [4.69, 9.17) is 14.2 Å². The highest BCUT2D eigenvalue weighted by Gasteiger charge is 2.46. The molecule has 1 N–H and O–H groups in total. The number of aliphatic hydroxyl groups excluding tert-OH is 1. The predicted molar refractivity (Wildman–Crippen MR) is 157 cm³/mol. The molecule has 1 aliphatic carbocycles. The molecule has 0 heterocycles. The van der Waals surface area contributed by atoms with Crippen molar-refractivity contribution in [1.29, 1.82) is 0 Å². The first kappa shape index (κ1) is 27.0. The first-order valence-electron chi connectivity index (χ1n) is 13.9. The van der Waals surface area contributed by atoms with E-state index < -0.39 is 5.41 Å². The normalized spacial score (nSPS) is 14.0. The second kappa shape index (κ2) is 11.6. The topological polar surface area (TPSA) is 47.9 Å². The molecule has 1 aliphatic rings. The molecule has 0 saturated carbocycles. The van der Waals surface area contributed by atoms with Gasteiger partial charge in [0.1, 0.15) is 18.1 Å². The van der Waals surface area contributed by atoms with Gasteiger partial charge < -0.3 is 19.3 Å². The van der Waals surface area contributed by atoms with Gasteiger partial charge in [0.2, 0.25) is 0 Å². The summed E-state index contributed by atoms with van der Waals surface area (Å²) >= 11 is 0. The van der Waals surface area contributed by atoms with Gasteiger partial charge in [0, 0.05) is 13.0 Å². The highest BCUT2D eigenvalue weighted by molar-refractivity contribution is 5.86. The fourth-order valence-electron chi connectivity index (χ4n) is 5.65. The number of hydrogen-bond donors (Lipinski definition) is 1. The number of aliphatic hydroxyl groups is 1. The molecule has 0 bridgehead atoms. The number of rotatable bonds is 11. The molecule has 0 aromatic heterocycles. The maximum atomic E-state index is 9.60. The Hall–Kier alpha value is -3.60. The van der Waals surface area contributed by atoms with Crippen molar-refractivity contribution in [2.24, 2.45) is 0 Å². The molecular formula is C35H38O4. The average Bonchev–Trinajstić information content (AvgIpc) is 3.21. The lowest BCUT2D eigenvalue weighted by atomic mass is 9.67. The van der Waals surface area contributed by atoms with Crippen molar-refractivity contribution in [2.45, 2.75) is 45.6 Å². The molecule has 4 heteroatoms. The second-order valence-corrected chi connectivity index (χ2v) is 10.4. The highest BCUT2D eigenvalue weighted by atomic mass is 16.5. The van der Waals surface area contributed by atoms with E-state index in [2.05, 4.69) is 86.6 Å². The van der Waals surface area contributed by atoms with Crippen molar-refractivity contribution in [3.8, 4) is 22.6 Å². The summed E-state index contributed by atoms with van der Waals surface area (Å²) in [5.74, 6) is 1.64. The molecule has 4 aromatic rings. The van der Waals surface area contributed by atoms with E-state index in [-0.39, 0.29) is 6.10 Å². The van der Waals surface area contributed by atoms with Crippen LogP contribution in [0.25, 0.3) is 11.1 Å². The van der Waals surface area contributed by atoms with E-state index in [1.807, 2.05) is 19.1 Å². The summed E-state index contributed by atoms with van der Waals surface area (Å²) in [4.78, 5) is 0. The van der Waals surface area contributed by atoms with E-state index in [9.17, 15) is 5.11 Å². The molecular weight excluding hydrogens is 484 g/mol. The summed E-state index contributed by atoms with van der Waals surface area (Å²) in [6, 6.07) is 30.6. The van der Waals surface area contributed by atoms with Crippen molar-refractivity contribution < 1.29 is 19.3 Å². The fraction of sp³-hybridized carbons (Fsp3) is 0.314. The minimum Gasteiger partial charge on any atom is -0.493 e. The minimum atomic E-state index is -0.481. The molecule has 5 rings (SSSR count). The van der Waals surface area contributed by atoms with Crippen LogP contribution in [-0.4, -0.2) is 37.6 Å². The van der Waals surface area contributed by atoms with E-state index in [1.165, 1.54) is 44.5 Å². The van der Waals surface area contributed by atoms with Gasteiger partial charge in [0.05, 0.1) is 24.7 Å². The van der Waals surface area contributed by atoms with Gasteiger partial charge >= 0.3 is 0 Å². The Morgan fingerprint density at radius 3 is 1.62 bits per heavy atom. The Bertz CT molecular complexity index is 1350. The Balaban J connectivity index is 1.63. The Morgan fingerprint density at radius 2 is 1.15 bits per heavy atom. The standard InChI is InChI=1S/C35H38O4/c1-5-37-20-21-39-30-14-10-28(11-15-30)35(27-8-12-29(13-9-27)38-19-18-26(4)36)33-22-24(2)6-16-31(33)32-17-7-25(3)23-34(32)35/h6-17,22-23,26,36H,5,18-21H2,1-4H3. The van der Waals surface area contributed by atoms with Crippen molar-refractivity contribution in [2.75, 3.05) is 26.4 Å². The second-order valence-electron chi connectivity index (χ2n) is 10.4. The van der Waals surface area contributed by atoms with Gasteiger partial charge in [-0.05, 0) is 85.3 Å². The van der Waals surface area contributed by atoms with Crippen LogP contribution in [0.3, 0.4) is 0 Å². The maximum absolute atomic E-state index is 9.60. The molecule has 202 valence electrons. The highest BCUT2D eigenvalue weighted by Crippen LogP contribution is 2.56. The van der Waals surface area contributed by atoms with Gasteiger partial charge in [-0.1, -0.05) is 71.8 Å². The van der Waals surface area contributed by atoms with Crippen LogP contribution in [0.2, 0.25) is 0 Å². The third-order valence-corrected chi connectivity index (χ3v) is 7.53. The number of fused-ring (bicyclic) bond motifs is 3. The van der Waals surface area contributed by atoms with Gasteiger partial charge in [0.15, 0.2) is 0 Å². The lowest BCUT2D eigenvalue weighted by Crippen LogP contribution is -2.28. The smallest absolute Gasteiger partial charge is 0.119 e. The van der Waals surface area contributed by atoms with Crippen LogP contribution in [0, 0.1) is 13.8 Å². The van der Waals surface area contributed by atoms with Crippen molar-refractivity contribution in [1.82, 2.24) is 0 Å². The maximum Gasteiger partial charge on any atom is 0.119 e. The van der Waals surface area contributed by atoms with E-state index >= 15 is 0 Å². The number of hydrogen-bond acceptors (Lipinski definition) is 4. The molecule has 0 radical (unpaired) electrons. The summed E-state index contributed by atoms with van der Waals surface area (Å²) in [5, 5.41) is 9.60. The molecule has 1 unspecified atom stereocenters. The summed E-state index contributed by atoms with van der Waals surface area (Å²) in [6.07, 6.45) is 0.223. The molecule has 1 atom stereocenters.